The molecule has 0 bridgehead atoms. The van der Waals surface area contributed by atoms with Crippen LogP contribution in [0, 0.1) is 5.92 Å². The molecule has 2 aliphatic rings. The van der Waals surface area contributed by atoms with Crippen molar-refractivity contribution in [1.82, 2.24) is 4.90 Å². The molecule has 1 amide bonds. The number of likely N-dealkylation sites (tertiary alicyclic amines) is 1. The van der Waals surface area contributed by atoms with E-state index in [-0.39, 0.29) is 12.6 Å². The number of aliphatic hydroxyl groups is 1. The van der Waals surface area contributed by atoms with Gasteiger partial charge in [0.2, 0.25) is 5.79 Å². The number of ketones is 1. The van der Waals surface area contributed by atoms with Crippen molar-refractivity contribution in [3.05, 3.63) is 0 Å². The molecule has 0 aromatic heterocycles. The molecule has 7 nitrogen and oxygen atoms in total. The van der Waals surface area contributed by atoms with Crippen LogP contribution >= 0.6 is 0 Å². The summed E-state index contributed by atoms with van der Waals surface area (Å²) in [6.45, 7) is 3.59. The van der Waals surface area contributed by atoms with Gasteiger partial charge >= 0.3 is 5.97 Å². The zero-order valence-corrected chi connectivity index (χ0v) is 12.2. The molecule has 4 atom stereocenters. The molecule has 0 spiro atoms. The summed E-state index contributed by atoms with van der Waals surface area (Å²) >= 11 is 0. The molecular weight excluding hydrogens is 278 g/mol. The smallest absolute Gasteiger partial charge is 0.326 e. The van der Waals surface area contributed by atoms with Crippen LogP contribution in [0.15, 0.2) is 0 Å². The lowest BCUT2D eigenvalue weighted by Crippen LogP contribution is -2.58. The van der Waals surface area contributed by atoms with Crippen LogP contribution in [0.3, 0.4) is 0 Å². The van der Waals surface area contributed by atoms with Crippen molar-refractivity contribution in [3.63, 3.8) is 0 Å². The van der Waals surface area contributed by atoms with Crippen LogP contribution in [0.2, 0.25) is 0 Å². The SMILES string of the molecule is CC1CCC(C)C(O)(C(=O)C(=O)N2CCCC2C(=O)O)O1. The maximum Gasteiger partial charge on any atom is 0.326 e. The van der Waals surface area contributed by atoms with E-state index in [0.29, 0.717) is 25.7 Å². The monoisotopic (exact) mass is 299 g/mol. The molecule has 2 saturated heterocycles. The number of rotatable bonds is 3. The van der Waals surface area contributed by atoms with E-state index in [4.69, 9.17) is 9.84 Å². The minimum atomic E-state index is -2.15. The molecule has 0 aromatic rings. The van der Waals surface area contributed by atoms with Gasteiger partial charge in [-0.15, -0.1) is 0 Å². The van der Waals surface area contributed by atoms with E-state index in [2.05, 4.69) is 0 Å². The number of carbonyl (C=O) groups excluding carboxylic acids is 2. The first-order valence-electron chi connectivity index (χ1n) is 7.25. The molecule has 0 aromatic carbocycles. The Labute approximate surface area is 122 Å². The van der Waals surface area contributed by atoms with Gasteiger partial charge in [0.15, 0.2) is 0 Å². The van der Waals surface area contributed by atoms with Gasteiger partial charge in [0.25, 0.3) is 11.7 Å². The van der Waals surface area contributed by atoms with Crippen LogP contribution in [0.5, 0.6) is 0 Å². The van der Waals surface area contributed by atoms with E-state index in [1.54, 1.807) is 13.8 Å². The van der Waals surface area contributed by atoms with Gasteiger partial charge in [-0.25, -0.2) is 4.79 Å². The van der Waals surface area contributed by atoms with Gasteiger partial charge in [-0.1, -0.05) is 6.92 Å². The molecular formula is C14H21NO6. The fourth-order valence-electron chi connectivity index (χ4n) is 2.99. The van der Waals surface area contributed by atoms with Crippen LogP contribution in [0.25, 0.3) is 0 Å². The van der Waals surface area contributed by atoms with Crippen molar-refractivity contribution in [2.75, 3.05) is 6.54 Å². The summed E-state index contributed by atoms with van der Waals surface area (Å²) < 4.78 is 5.34. The average molecular weight is 299 g/mol. The van der Waals surface area contributed by atoms with E-state index >= 15 is 0 Å². The van der Waals surface area contributed by atoms with E-state index in [1.807, 2.05) is 0 Å². The molecule has 2 heterocycles. The normalized spacial score (nSPS) is 36.5. The first kappa shape index (κ1) is 15.9. The van der Waals surface area contributed by atoms with E-state index in [1.165, 1.54) is 0 Å². The molecule has 118 valence electrons. The Morgan fingerprint density at radius 3 is 2.48 bits per heavy atom. The molecule has 2 fully saturated rings. The maximum atomic E-state index is 12.4. The van der Waals surface area contributed by atoms with Crippen molar-refractivity contribution < 1.29 is 29.3 Å². The second-order valence-electron chi connectivity index (χ2n) is 5.93. The number of carboxylic acid groups (broad SMARTS) is 1. The first-order chi connectivity index (χ1) is 9.77. The number of ether oxygens (including phenoxy) is 1. The molecule has 21 heavy (non-hydrogen) atoms. The fraction of sp³-hybridized carbons (Fsp3) is 0.786. The van der Waals surface area contributed by atoms with E-state index in [0.717, 1.165) is 4.90 Å². The Morgan fingerprint density at radius 2 is 1.86 bits per heavy atom. The molecule has 2 N–H and O–H groups in total. The summed E-state index contributed by atoms with van der Waals surface area (Å²) in [4.78, 5) is 36.8. The van der Waals surface area contributed by atoms with Gasteiger partial charge in [0.05, 0.1) is 6.10 Å². The number of hydrogen-bond acceptors (Lipinski definition) is 5. The summed E-state index contributed by atoms with van der Waals surface area (Å²) in [5.41, 5.74) is 0. The molecule has 4 unspecified atom stereocenters. The van der Waals surface area contributed by atoms with Gasteiger partial charge in [-0.2, -0.15) is 0 Å². The largest absolute Gasteiger partial charge is 0.480 e. The third-order valence-corrected chi connectivity index (χ3v) is 4.37. The first-order valence-corrected chi connectivity index (χ1v) is 7.25. The Morgan fingerprint density at radius 1 is 1.19 bits per heavy atom. The summed E-state index contributed by atoms with van der Waals surface area (Å²) in [5, 5.41) is 19.6. The zero-order valence-electron chi connectivity index (χ0n) is 12.2. The summed E-state index contributed by atoms with van der Waals surface area (Å²) in [7, 11) is 0. The van der Waals surface area contributed by atoms with Crippen molar-refractivity contribution in [2.24, 2.45) is 5.92 Å². The molecule has 2 rings (SSSR count). The van der Waals surface area contributed by atoms with Gasteiger partial charge in [0.1, 0.15) is 6.04 Å². The minimum absolute atomic E-state index is 0.210. The maximum absolute atomic E-state index is 12.4. The number of carboxylic acids is 1. The highest BCUT2D eigenvalue weighted by molar-refractivity contribution is 6.39. The second-order valence-corrected chi connectivity index (χ2v) is 5.93. The average Bonchev–Trinajstić information content (AvgIpc) is 2.91. The zero-order chi connectivity index (χ0) is 15.8. The number of Topliss-reactive ketones (excluding diaryl/α,β-unsaturated/α-hetero) is 1. The van der Waals surface area contributed by atoms with Crippen molar-refractivity contribution in [2.45, 2.75) is 57.5 Å². The van der Waals surface area contributed by atoms with Gasteiger partial charge in [-0.3, -0.25) is 9.59 Å². The minimum Gasteiger partial charge on any atom is -0.480 e. The number of aliphatic carboxylic acids is 1. The summed E-state index contributed by atoms with van der Waals surface area (Å²) in [6, 6.07) is -0.999. The second kappa shape index (κ2) is 5.73. The molecule has 0 aliphatic carbocycles. The molecule has 0 saturated carbocycles. The lowest BCUT2D eigenvalue weighted by Gasteiger charge is -2.39. The third-order valence-electron chi connectivity index (χ3n) is 4.37. The van der Waals surface area contributed by atoms with E-state index < -0.39 is 35.4 Å². The highest BCUT2D eigenvalue weighted by atomic mass is 16.6. The van der Waals surface area contributed by atoms with Crippen LogP contribution in [0.4, 0.5) is 0 Å². The van der Waals surface area contributed by atoms with Crippen LogP contribution < -0.4 is 0 Å². The highest BCUT2D eigenvalue weighted by Crippen LogP contribution is 2.34. The van der Waals surface area contributed by atoms with Crippen LogP contribution in [-0.4, -0.2) is 57.3 Å². The number of amides is 1. The van der Waals surface area contributed by atoms with Gasteiger partial charge in [0, 0.05) is 12.5 Å². The lowest BCUT2D eigenvalue weighted by molar-refractivity contribution is -0.259. The molecule has 0 radical (unpaired) electrons. The van der Waals surface area contributed by atoms with Crippen molar-refractivity contribution in [3.8, 4) is 0 Å². The number of nitrogens with zero attached hydrogens (tertiary/aromatic N) is 1. The standard InChI is InChI=1S/C14H21NO6/c1-8-5-6-9(2)21-14(8,20)11(16)12(17)15-7-3-4-10(15)13(18)19/h8-10,20H,3-7H2,1-2H3,(H,18,19). The fourth-order valence-corrected chi connectivity index (χ4v) is 2.99. The summed E-state index contributed by atoms with van der Waals surface area (Å²) in [6.07, 6.45) is 1.79. The Hall–Kier alpha value is -1.47. The molecule has 7 heteroatoms. The summed E-state index contributed by atoms with van der Waals surface area (Å²) in [5.74, 6) is -5.82. The quantitative estimate of drug-likeness (QED) is 0.719. The van der Waals surface area contributed by atoms with Crippen molar-refractivity contribution in [1.29, 1.82) is 0 Å². The lowest BCUT2D eigenvalue weighted by atomic mass is 9.87. The number of carbonyl (C=O) groups is 3. The van der Waals surface area contributed by atoms with Crippen LogP contribution in [-0.2, 0) is 19.1 Å². The third kappa shape index (κ3) is 2.80. The Bertz CT molecular complexity index is 464. The number of hydrogen-bond donors (Lipinski definition) is 2. The molecule has 2 aliphatic heterocycles. The van der Waals surface area contributed by atoms with E-state index in [9.17, 15) is 19.5 Å². The highest BCUT2D eigenvalue weighted by Gasteiger charge is 2.52. The van der Waals surface area contributed by atoms with Crippen molar-refractivity contribution >= 4 is 17.7 Å². The Balaban J connectivity index is 2.18. The Kier molecular flexibility index (Phi) is 4.34. The predicted molar refractivity (Wildman–Crippen MR) is 71.3 cm³/mol. The predicted octanol–water partition coefficient (Wildman–Crippen LogP) is 0.155. The van der Waals surface area contributed by atoms with Crippen LogP contribution in [0.1, 0.15) is 39.5 Å². The topological polar surface area (TPSA) is 104 Å². The van der Waals surface area contributed by atoms with Gasteiger partial charge < -0.3 is 19.8 Å². The van der Waals surface area contributed by atoms with Gasteiger partial charge in [-0.05, 0) is 32.6 Å².